The molecule has 0 aliphatic heterocycles. The van der Waals surface area contributed by atoms with Crippen LogP contribution in [0.3, 0.4) is 0 Å². The Balaban J connectivity index is 1.61. The molecule has 0 saturated carbocycles. The molecular weight excluding hydrogens is 415 g/mol. The number of benzene rings is 2. The van der Waals surface area contributed by atoms with Gasteiger partial charge in [-0.2, -0.15) is 5.10 Å². The SMILES string of the molecule is Nn1c(N/N=C/c2cccc(Cl)c2)nnc1SCc1ccc(Cl)c(Cl)c1. The number of anilines is 1. The van der Waals surface area contributed by atoms with E-state index in [-0.39, 0.29) is 0 Å². The number of nitrogens with zero attached hydrogens (tertiary/aromatic N) is 4. The maximum absolute atomic E-state index is 6.02. The normalized spacial score (nSPS) is 11.2. The number of hydrogen-bond donors (Lipinski definition) is 2. The minimum absolute atomic E-state index is 0.319. The number of aromatic nitrogens is 3. The van der Waals surface area contributed by atoms with Gasteiger partial charge in [-0.05, 0) is 35.4 Å². The van der Waals surface area contributed by atoms with Crippen LogP contribution in [-0.2, 0) is 5.75 Å². The summed E-state index contributed by atoms with van der Waals surface area (Å²) in [5.41, 5.74) is 4.61. The largest absolute Gasteiger partial charge is 0.334 e. The van der Waals surface area contributed by atoms with Crippen molar-refractivity contribution in [2.45, 2.75) is 10.9 Å². The van der Waals surface area contributed by atoms with E-state index in [9.17, 15) is 0 Å². The first kappa shape index (κ1) is 18.8. The molecule has 6 nitrogen and oxygen atoms in total. The Hall–Kier alpha value is -1.93. The highest BCUT2D eigenvalue weighted by Crippen LogP contribution is 2.27. The van der Waals surface area contributed by atoms with E-state index in [2.05, 4.69) is 20.7 Å². The van der Waals surface area contributed by atoms with Crippen LogP contribution in [0.25, 0.3) is 0 Å². The first-order valence-electron chi connectivity index (χ1n) is 7.35. The van der Waals surface area contributed by atoms with Crippen molar-refractivity contribution in [1.82, 2.24) is 14.9 Å². The lowest BCUT2D eigenvalue weighted by atomic mass is 10.2. The summed E-state index contributed by atoms with van der Waals surface area (Å²) in [4.78, 5) is 0. The zero-order valence-electron chi connectivity index (χ0n) is 13.2. The van der Waals surface area contributed by atoms with Crippen LogP contribution in [0.15, 0.2) is 52.7 Å². The second kappa shape index (κ2) is 8.64. The molecule has 134 valence electrons. The molecule has 0 aliphatic carbocycles. The molecule has 10 heteroatoms. The van der Waals surface area contributed by atoms with E-state index >= 15 is 0 Å². The fourth-order valence-corrected chi connectivity index (χ4v) is 3.30. The molecule has 0 aliphatic rings. The summed E-state index contributed by atoms with van der Waals surface area (Å²) in [7, 11) is 0. The summed E-state index contributed by atoms with van der Waals surface area (Å²) in [6.45, 7) is 0. The monoisotopic (exact) mass is 426 g/mol. The van der Waals surface area contributed by atoms with Crippen molar-refractivity contribution in [3.63, 3.8) is 0 Å². The molecule has 1 heterocycles. The minimum Gasteiger partial charge on any atom is -0.334 e. The Morgan fingerprint density at radius 3 is 2.73 bits per heavy atom. The molecular formula is C16H13Cl3N6S. The van der Waals surface area contributed by atoms with Gasteiger partial charge in [-0.25, -0.2) is 10.1 Å². The zero-order chi connectivity index (χ0) is 18.5. The molecule has 3 N–H and O–H groups in total. The fraction of sp³-hybridized carbons (Fsp3) is 0.0625. The number of hydrazone groups is 1. The van der Waals surface area contributed by atoms with E-state index in [4.69, 9.17) is 40.6 Å². The smallest absolute Gasteiger partial charge is 0.264 e. The van der Waals surface area contributed by atoms with E-state index in [0.29, 0.717) is 31.9 Å². The van der Waals surface area contributed by atoms with Gasteiger partial charge >= 0.3 is 0 Å². The maximum Gasteiger partial charge on any atom is 0.264 e. The van der Waals surface area contributed by atoms with Gasteiger partial charge in [-0.1, -0.05) is 64.8 Å². The van der Waals surface area contributed by atoms with Gasteiger partial charge in [0.1, 0.15) is 0 Å². The molecule has 26 heavy (non-hydrogen) atoms. The standard InChI is InChI=1S/C16H13Cl3N6S/c17-12-3-1-2-10(6-12)8-21-22-15-23-24-16(25(15)20)26-9-11-4-5-13(18)14(19)7-11/h1-8H,9,20H2,(H,22,23)/b21-8+. The predicted octanol–water partition coefficient (Wildman–Crippen LogP) is 4.69. The van der Waals surface area contributed by atoms with Gasteiger partial charge in [0.15, 0.2) is 0 Å². The fourth-order valence-electron chi connectivity index (χ4n) is 1.98. The lowest BCUT2D eigenvalue weighted by Crippen LogP contribution is -2.13. The number of nitrogens with two attached hydrogens (primary N) is 1. The van der Waals surface area contributed by atoms with Gasteiger partial charge in [-0.15, -0.1) is 10.2 Å². The highest BCUT2D eigenvalue weighted by molar-refractivity contribution is 7.98. The van der Waals surface area contributed by atoms with Crippen LogP contribution in [0.5, 0.6) is 0 Å². The van der Waals surface area contributed by atoms with Crippen LogP contribution in [0.1, 0.15) is 11.1 Å². The van der Waals surface area contributed by atoms with E-state index in [1.165, 1.54) is 16.4 Å². The summed E-state index contributed by atoms with van der Waals surface area (Å²) in [6.07, 6.45) is 1.61. The Kier molecular flexibility index (Phi) is 6.26. The van der Waals surface area contributed by atoms with Crippen molar-refractivity contribution < 1.29 is 0 Å². The molecule has 0 amide bonds. The second-order valence-electron chi connectivity index (χ2n) is 5.14. The third-order valence-corrected chi connectivity index (χ3v) is 5.23. The third-order valence-electron chi connectivity index (χ3n) is 3.24. The molecule has 1 aromatic heterocycles. The second-order valence-corrected chi connectivity index (χ2v) is 7.33. The molecule has 0 bridgehead atoms. The van der Waals surface area contributed by atoms with Gasteiger partial charge in [0, 0.05) is 10.8 Å². The number of hydrogen-bond acceptors (Lipinski definition) is 6. The van der Waals surface area contributed by atoms with Gasteiger partial charge in [0.25, 0.3) is 5.95 Å². The van der Waals surface area contributed by atoms with Crippen LogP contribution in [-0.4, -0.2) is 21.1 Å². The number of rotatable bonds is 6. The molecule has 2 aromatic carbocycles. The Morgan fingerprint density at radius 2 is 1.96 bits per heavy atom. The number of nitrogens with one attached hydrogen (secondary N) is 1. The molecule has 0 fully saturated rings. The average molecular weight is 428 g/mol. The summed E-state index contributed by atoms with van der Waals surface area (Å²) in [6, 6.07) is 12.8. The van der Waals surface area contributed by atoms with Crippen molar-refractivity contribution in [3.05, 3.63) is 68.7 Å². The summed E-state index contributed by atoms with van der Waals surface area (Å²) in [5.74, 6) is 6.93. The van der Waals surface area contributed by atoms with E-state index < -0.39 is 0 Å². The molecule has 0 spiro atoms. The molecule has 0 unspecified atom stereocenters. The highest BCUT2D eigenvalue weighted by Gasteiger charge is 2.10. The molecule has 3 rings (SSSR count). The Morgan fingerprint density at radius 1 is 1.12 bits per heavy atom. The van der Waals surface area contributed by atoms with Gasteiger partial charge in [0.2, 0.25) is 5.16 Å². The first-order valence-corrected chi connectivity index (χ1v) is 9.47. The quantitative estimate of drug-likeness (QED) is 0.258. The maximum atomic E-state index is 6.02. The third kappa shape index (κ3) is 4.82. The Labute approximate surface area is 169 Å². The zero-order valence-corrected chi connectivity index (χ0v) is 16.3. The molecule has 0 saturated heterocycles. The van der Waals surface area contributed by atoms with Crippen LogP contribution >= 0.6 is 46.6 Å². The number of thioether (sulfide) groups is 1. The lowest BCUT2D eigenvalue weighted by molar-refractivity contribution is 0.847. The van der Waals surface area contributed by atoms with Crippen LogP contribution in [0, 0.1) is 0 Å². The van der Waals surface area contributed by atoms with Crippen LogP contribution < -0.4 is 11.3 Å². The van der Waals surface area contributed by atoms with Gasteiger partial charge in [-0.3, -0.25) is 0 Å². The molecule has 3 aromatic rings. The van der Waals surface area contributed by atoms with E-state index in [1.807, 2.05) is 24.3 Å². The predicted molar refractivity (Wildman–Crippen MR) is 109 cm³/mol. The minimum atomic E-state index is 0.319. The van der Waals surface area contributed by atoms with Crippen molar-refractivity contribution in [2.75, 3.05) is 11.3 Å². The Bertz CT molecular complexity index is 943. The van der Waals surface area contributed by atoms with Crippen LogP contribution in [0.4, 0.5) is 5.95 Å². The summed E-state index contributed by atoms with van der Waals surface area (Å²) >= 11 is 19.3. The lowest BCUT2D eigenvalue weighted by Gasteiger charge is -2.04. The first-order chi connectivity index (χ1) is 12.5. The topological polar surface area (TPSA) is 81.1 Å². The average Bonchev–Trinajstić information content (AvgIpc) is 2.96. The van der Waals surface area contributed by atoms with Gasteiger partial charge in [0.05, 0.1) is 16.3 Å². The number of nitrogen functional groups attached to an aromatic ring is 1. The van der Waals surface area contributed by atoms with Crippen molar-refractivity contribution in [3.8, 4) is 0 Å². The molecule has 0 radical (unpaired) electrons. The summed E-state index contributed by atoms with van der Waals surface area (Å²) in [5, 5.41) is 14.3. The van der Waals surface area contributed by atoms with Gasteiger partial charge < -0.3 is 5.84 Å². The highest BCUT2D eigenvalue weighted by atomic mass is 35.5. The molecule has 0 atom stereocenters. The van der Waals surface area contributed by atoms with Crippen molar-refractivity contribution >= 4 is 58.7 Å². The summed E-state index contributed by atoms with van der Waals surface area (Å²) < 4.78 is 1.33. The van der Waals surface area contributed by atoms with E-state index in [0.717, 1.165) is 11.1 Å². The van der Waals surface area contributed by atoms with Crippen molar-refractivity contribution in [2.24, 2.45) is 5.10 Å². The number of halogens is 3. The van der Waals surface area contributed by atoms with E-state index in [1.54, 1.807) is 24.4 Å². The van der Waals surface area contributed by atoms with Crippen LogP contribution in [0.2, 0.25) is 15.1 Å². The van der Waals surface area contributed by atoms with Crippen molar-refractivity contribution in [1.29, 1.82) is 0 Å².